The number of aromatic nitrogens is 5. The molecule has 0 spiro atoms. The van der Waals surface area contributed by atoms with Gasteiger partial charge in [0.05, 0.1) is 0 Å². The standard InChI is InChI=1S/C22H23ClF2N8/c23-18-9-19(27-12-26-18)31-10-13-2-3-14(11-31)20(13)28-21-29-22-32(6-1-7-33(22)30-21)15-4-5-16(24)17(25)8-15/h4-5,8-9,12-14,20H,1-3,6-7,10-11H2,(H,28,30)/t13-,14?,20-/m0/s1. The van der Waals surface area contributed by atoms with Gasteiger partial charge in [0.25, 0.3) is 0 Å². The molecule has 1 aromatic carbocycles. The van der Waals surface area contributed by atoms with Crippen LogP contribution < -0.4 is 15.1 Å². The van der Waals surface area contributed by atoms with Gasteiger partial charge in [0.1, 0.15) is 17.3 Å². The Kier molecular flexibility index (Phi) is 5.05. The van der Waals surface area contributed by atoms with E-state index >= 15 is 0 Å². The molecule has 6 rings (SSSR count). The Morgan fingerprint density at radius 1 is 1.00 bits per heavy atom. The van der Waals surface area contributed by atoms with Crippen LogP contribution in [0.15, 0.2) is 30.6 Å². The summed E-state index contributed by atoms with van der Waals surface area (Å²) in [5.74, 6) is 1.26. The van der Waals surface area contributed by atoms with E-state index in [1.807, 2.05) is 15.6 Å². The summed E-state index contributed by atoms with van der Waals surface area (Å²) in [5.41, 5.74) is 0.575. The average Bonchev–Trinajstić information content (AvgIpc) is 3.31. The fourth-order valence-electron chi connectivity index (χ4n) is 5.41. The molecule has 4 heterocycles. The van der Waals surface area contributed by atoms with E-state index < -0.39 is 11.6 Å². The lowest BCUT2D eigenvalue weighted by Gasteiger charge is -2.38. The Bertz CT molecular complexity index is 1170. The number of benzene rings is 1. The summed E-state index contributed by atoms with van der Waals surface area (Å²) in [6.07, 6.45) is 4.61. The minimum atomic E-state index is -0.865. The number of piperidine rings is 1. The second-order valence-corrected chi connectivity index (χ2v) is 9.32. The molecule has 2 aromatic heterocycles. The van der Waals surface area contributed by atoms with Crippen LogP contribution >= 0.6 is 11.6 Å². The van der Waals surface area contributed by atoms with Crippen LogP contribution in [0.4, 0.5) is 32.2 Å². The highest BCUT2D eigenvalue weighted by Gasteiger charge is 2.43. The SMILES string of the molecule is Fc1ccc(N2CCCn3nc(N[C@@H]4C5CC[C@H]4CN(c4cc(Cl)ncn4)C5)nc32)cc1F. The normalized spacial score (nSPS) is 24.2. The van der Waals surface area contributed by atoms with E-state index in [2.05, 4.69) is 25.3 Å². The van der Waals surface area contributed by atoms with E-state index in [1.54, 1.807) is 6.07 Å². The second-order valence-electron chi connectivity index (χ2n) is 8.93. The first-order valence-electron chi connectivity index (χ1n) is 11.2. The summed E-state index contributed by atoms with van der Waals surface area (Å²) in [5, 5.41) is 8.72. The Hall–Kier alpha value is -3.01. The molecule has 1 saturated heterocycles. The topological polar surface area (TPSA) is 75.0 Å². The van der Waals surface area contributed by atoms with Gasteiger partial charge in [-0.05, 0) is 43.2 Å². The summed E-state index contributed by atoms with van der Waals surface area (Å²) >= 11 is 6.06. The van der Waals surface area contributed by atoms with Gasteiger partial charge in [-0.25, -0.2) is 23.4 Å². The number of fused-ring (bicyclic) bond motifs is 3. The Labute approximate surface area is 194 Å². The molecule has 2 aliphatic heterocycles. The first-order valence-corrected chi connectivity index (χ1v) is 11.6. The van der Waals surface area contributed by atoms with Gasteiger partial charge in [-0.3, -0.25) is 0 Å². The van der Waals surface area contributed by atoms with Crippen LogP contribution in [0, 0.1) is 23.5 Å². The van der Waals surface area contributed by atoms with E-state index in [0.29, 0.717) is 41.1 Å². The molecule has 8 nitrogen and oxygen atoms in total. The molecule has 1 N–H and O–H groups in total. The van der Waals surface area contributed by atoms with E-state index in [9.17, 15) is 8.78 Å². The maximum atomic E-state index is 13.8. The summed E-state index contributed by atoms with van der Waals surface area (Å²) in [6, 6.07) is 6.02. The largest absolute Gasteiger partial charge is 0.356 e. The van der Waals surface area contributed by atoms with E-state index in [0.717, 1.165) is 50.8 Å². The van der Waals surface area contributed by atoms with Gasteiger partial charge in [-0.15, -0.1) is 5.10 Å². The van der Waals surface area contributed by atoms with Crippen molar-refractivity contribution in [1.82, 2.24) is 24.7 Å². The van der Waals surface area contributed by atoms with Crippen LogP contribution in [0.2, 0.25) is 5.15 Å². The second kappa shape index (κ2) is 8.09. The van der Waals surface area contributed by atoms with Gasteiger partial charge in [-0.1, -0.05) is 11.6 Å². The molecule has 1 unspecified atom stereocenters. The van der Waals surface area contributed by atoms with Gasteiger partial charge in [0.15, 0.2) is 11.6 Å². The van der Waals surface area contributed by atoms with Gasteiger partial charge >= 0.3 is 0 Å². The fraction of sp³-hybridized carbons (Fsp3) is 0.455. The number of aryl methyl sites for hydroxylation is 1. The highest BCUT2D eigenvalue weighted by Crippen LogP contribution is 2.40. The van der Waals surface area contributed by atoms with Gasteiger partial charge < -0.3 is 15.1 Å². The lowest BCUT2D eigenvalue weighted by molar-refractivity contribution is 0.374. The average molecular weight is 473 g/mol. The van der Waals surface area contributed by atoms with Crippen molar-refractivity contribution in [2.45, 2.75) is 31.8 Å². The van der Waals surface area contributed by atoms with Gasteiger partial charge in [0.2, 0.25) is 11.9 Å². The summed E-state index contributed by atoms with van der Waals surface area (Å²) < 4.78 is 29.1. The van der Waals surface area contributed by atoms with Crippen LogP contribution in [-0.4, -0.2) is 50.4 Å². The maximum Gasteiger partial charge on any atom is 0.244 e. The fourth-order valence-corrected chi connectivity index (χ4v) is 5.55. The van der Waals surface area contributed by atoms with Crippen molar-refractivity contribution in [1.29, 1.82) is 0 Å². The number of rotatable bonds is 4. The molecule has 1 saturated carbocycles. The first-order chi connectivity index (χ1) is 16.0. The number of nitrogens with zero attached hydrogens (tertiary/aromatic N) is 7. The zero-order valence-corrected chi connectivity index (χ0v) is 18.6. The monoisotopic (exact) mass is 472 g/mol. The highest BCUT2D eigenvalue weighted by atomic mass is 35.5. The smallest absolute Gasteiger partial charge is 0.244 e. The minimum absolute atomic E-state index is 0.278. The number of anilines is 4. The Morgan fingerprint density at radius 2 is 1.82 bits per heavy atom. The predicted octanol–water partition coefficient (Wildman–Crippen LogP) is 3.87. The third kappa shape index (κ3) is 3.76. The highest BCUT2D eigenvalue weighted by molar-refractivity contribution is 6.29. The van der Waals surface area contributed by atoms with Crippen molar-refractivity contribution in [2.75, 3.05) is 34.8 Å². The summed E-state index contributed by atoms with van der Waals surface area (Å²) in [7, 11) is 0. The molecule has 33 heavy (non-hydrogen) atoms. The minimum Gasteiger partial charge on any atom is -0.356 e. The van der Waals surface area contributed by atoms with Crippen LogP contribution in [-0.2, 0) is 6.54 Å². The van der Waals surface area contributed by atoms with Crippen LogP contribution in [0.25, 0.3) is 0 Å². The lowest BCUT2D eigenvalue weighted by atomic mass is 9.92. The zero-order valence-electron chi connectivity index (χ0n) is 17.8. The van der Waals surface area contributed by atoms with E-state index in [1.165, 1.54) is 12.4 Å². The molecule has 172 valence electrons. The number of halogens is 3. The van der Waals surface area contributed by atoms with Crippen molar-refractivity contribution in [3.63, 3.8) is 0 Å². The number of hydrogen-bond donors (Lipinski definition) is 1. The lowest BCUT2D eigenvalue weighted by Crippen LogP contribution is -2.48. The third-order valence-corrected chi connectivity index (χ3v) is 7.14. The van der Waals surface area contributed by atoms with Crippen molar-refractivity contribution in [2.24, 2.45) is 11.8 Å². The molecule has 11 heteroatoms. The number of hydrogen-bond acceptors (Lipinski definition) is 7. The van der Waals surface area contributed by atoms with Crippen LogP contribution in [0.3, 0.4) is 0 Å². The van der Waals surface area contributed by atoms with Gasteiger partial charge in [-0.2, -0.15) is 4.98 Å². The molecular weight excluding hydrogens is 450 g/mol. The molecule has 0 radical (unpaired) electrons. The van der Waals surface area contributed by atoms with E-state index in [-0.39, 0.29) is 6.04 Å². The molecule has 2 bridgehead atoms. The van der Waals surface area contributed by atoms with E-state index in [4.69, 9.17) is 16.6 Å². The molecule has 2 fully saturated rings. The van der Waals surface area contributed by atoms with Crippen LogP contribution in [0.5, 0.6) is 0 Å². The molecule has 3 atom stereocenters. The Morgan fingerprint density at radius 3 is 2.58 bits per heavy atom. The van der Waals surface area contributed by atoms with Gasteiger partial charge in [0, 0.05) is 50.0 Å². The quantitative estimate of drug-likeness (QED) is 0.578. The third-order valence-electron chi connectivity index (χ3n) is 6.93. The number of nitrogens with one attached hydrogen (secondary N) is 1. The molecule has 3 aliphatic rings. The van der Waals surface area contributed by atoms with Crippen molar-refractivity contribution in [3.8, 4) is 0 Å². The van der Waals surface area contributed by atoms with Crippen molar-refractivity contribution >= 4 is 35.0 Å². The maximum absolute atomic E-state index is 13.8. The summed E-state index contributed by atoms with van der Waals surface area (Å²) in [6.45, 7) is 3.18. The first kappa shape index (κ1) is 20.6. The Balaban J connectivity index is 1.21. The molecular formula is C22H23ClF2N8. The van der Waals surface area contributed by atoms with Crippen molar-refractivity contribution in [3.05, 3.63) is 47.4 Å². The molecule has 1 aliphatic carbocycles. The predicted molar refractivity (Wildman–Crippen MR) is 121 cm³/mol. The van der Waals surface area contributed by atoms with Crippen molar-refractivity contribution < 1.29 is 8.78 Å². The zero-order chi connectivity index (χ0) is 22.5. The van der Waals surface area contributed by atoms with Crippen LogP contribution in [0.1, 0.15) is 19.3 Å². The summed E-state index contributed by atoms with van der Waals surface area (Å²) in [4.78, 5) is 17.3. The molecule has 0 amide bonds. The molecule has 3 aromatic rings.